The number of carbonyl (C=O) groups excluding carboxylic acids is 2. The Labute approximate surface area is 133 Å². The number of imide groups is 1. The summed E-state index contributed by atoms with van der Waals surface area (Å²) < 4.78 is 0. The van der Waals surface area contributed by atoms with Crippen LogP contribution in [0.4, 0.5) is 5.69 Å². The predicted molar refractivity (Wildman–Crippen MR) is 86.4 cm³/mol. The molecule has 0 aliphatic carbocycles. The van der Waals surface area contributed by atoms with Crippen molar-refractivity contribution in [3.8, 4) is 0 Å². The number of benzene rings is 2. The van der Waals surface area contributed by atoms with Crippen molar-refractivity contribution in [2.75, 3.05) is 11.9 Å². The van der Waals surface area contributed by atoms with Gasteiger partial charge < -0.3 is 4.90 Å². The highest BCUT2D eigenvalue weighted by molar-refractivity contribution is 6.41. The molecule has 0 aromatic heterocycles. The van der Waals surface area contributed by atoms with Gasteiger partial charge in [-0.15, -0.1) is 0 Å². The van der Waals surface area contributed by atoms with Gasteiger partial charge in [0.2, 0.25) is 0 Å². The van der Waals surface area contributed by atoms with Crippen molar-refractivity contribution in [2.45, 2.75) is 0 Å². The SMILES string of the molecule is CN(C1=C(c2ccccc2Cl)C(=O)NC1=O)c1ccccc1. The summed E-state index contributed by atoms with van der Waals surface area (Å²) in [6.07, 6.45) is 0. The minimum atomic E-state index is -0.434. The molecule has 1 N–H and O–H groups in total. The summed E-state index contributed by atoms with van der Waals surface area (Å²) in [6, 6.07) is 16.4. The zero-order valence-corrected chi connectivity index (χ0v) is 12.6. The molecule has 2 amide bonds. The van der Waals surface area contributed by atoms with E-state index in [0.29, 0.717) is 21.9 Å². The van der Waals surface area contributed by atoms with Crippen LogP contribution in [0.25, 0.3) is 5.57 Å². The third kappa shape index (κ3) is 2.38. The van der Waals surface area contributed by atoms with Gasteiger partial charge >= 0.3 is 0 Å². The Balaban J connectivity index is 2.18. The number of carbonyl (C=O) groups is 2. The van der Waals surface area contributed by atoms with Gasteiger partial charge in [0, 0.05) is 23.3 Å². The second kappa shape index (κ2) is 5.66. The van der Waals surface area contributed by atoms with E-state index in [1.807, 2.05) is 30.3 Å². The van der Waals surface area contributed by atoms with Gasteiger partial charge in [0.05, 0.1) is 5.57 Å². The fourth-order valence-corrected chi connectivity index (χ4v) is 2.69. The normalized spacial score (nSPS) is 14.3. The summed E-state index contributed by atoms with van der Waals surface area (Å²) in [7, 11) is 1.75. The first-order valence-corrected chi connectivity index (χ1v) is 7.11. The second-order valence-corrected chi connectivity index (χ2v) is 5.29. The van der Waals surface area contributed by atoms with E-state index in [2.05, 4.69) is 5.32 Å². The number of nitrogens with zero attached hydrogens (tertiary/aromatic N) is 1. The molecule has 0 saturated heterocycles. The third-order valence-corrected chi connectivity index (χ3v) is 3.86. The monoisotopic (exact) mass is 312 g/mol. The predicted octanol–water partition coefficient (Wildman–Crippen LogP) is 2.84. The Morgan fingerprint density at radius 3 is 2.23 bits per heavy atom. The Kier molecular flexibility index (Phi) is 3.69. The van der Waals surface area contributed by atoms with Crippen molar-refractivity contribution in [1.82, 2.24) is 5.32 Å². The first kappa shape index (κ1) is 14.4. The molecule has 1 heterocycles. The maximum atomic E-state index is 12.2. The first-order chi connectivity index (χ1) is 10.6. The molecule has 5 heteroatoms. The molecule has 2 aromatic carbocycles. The molecule has 1 aliphatic heterocycles. The zero-order valence-electron chi connectivity index (χ0n) is 11.8. The molecule has 0 unspecified atom stereocenters. The molecule has 3 rings (SSSR count). The molecule has 0 bridgehead atoms. The van der Waals surface area contributed by atoms with Crippen LogP contribution in [0.1, 0.15) is 5.56 Å². The van der Waals surface area contributed by atoms with Crippen molar-refractivity contribution in [3.63, 3.8) is 0 Å². The number of rotatable bonds is 3. The molecule has 1 aliphatic rings. The molecule has 0 atom stereocenters. The van der Waals surface area contributed by atoms with Gasteiger partial charge in [-0.3, -0.25) is 14.9 Å². The smallest absolute Gasteiger partial charge is 0.275 e. The maximum absolute atomic E-state index is 12.2. The number of nitrogens with one attached hydrogen (secondary N) is 1. The summed E-state index contributed by atoms with van der Waals surface area (Å²) in [5, 5.41) is 2.77. The van der Waals surface area contributed by atoms with Crippen LogP contribution in [0.15, 0.2) is 60.3 Å². The molecular weight excluding hydrogens is 300 g/mol. The van der Waals surface area contributed by atoms with E-state index in [4.69, 9.17) is 11.6 Å². The molecular formula is C17H13ClN2O2. The van der Waals surface area contributed by atoms with Crippen LogP contribution in [0.2, 0.25) is 5.02 Å². The Hall–Kier alpha value is -2.59. The number of hydrogen-bond acceptors (Lipinski definition) is 3. The number of amides is 2. The van der Waals surface area contributed by atoms with E-state index in [1.54, 1.807) is 36.2 Å². The van der Waals surface area contributed by atoms with Crippen LogP contribution in [-0.2, 0) is 9.59 Å². The van der Waals surface area contributed by atoms with Crippen molar-refractivity contribution < 1.29 is 9.59 Å². The van der Waals surface area contributed by atoms with Crippen LogP contribution in [0, 0.1) is 0 Å². The lowest BCUT2D eigenvalue weighted by atomic mass is 10.0. The van der Waals surface area contributed by atoms with Gasteiger partial charge in [-0.2, -0.15) is 0 Å². The van der Waals surface area contributed by atoms with Crippen molar-refractivity contribution in [3.05, 3.63) is 70.9 Å². The standard InChI is InChI=1S/C17H13ClN2O2/c1-20(11-7-3-2-4-8-11)15-14(16(21)19-17(15)22)12-9-5-6-10-13(12)18/h2-10H,1H3,(H,19,21,22). The number of para-hydroxylation sites is 1. The van der Waals surface area contributed by atoms with E-state index >= 15 is 0 Å². The van der Waals surface area contributed by atoms with Crippen molar-refractivity contribution in [1.29, 1.82) is 0 Å². The molecule has 0 radical (unpaired) electrons. The van der Waals surface area contributed by atoms with Gasteiger partial charge in [0.15, 0.2) is 0 Å². The molecule has 110 valence electrons. The van der Waals surface area contributed by atoms with Gasteiger partial charge in [-0.1, -0.05) is 48.0 Å². The van der Waals surface area contributed by atoms with E-state index in [1.165, 1.54) is 0 Å². The number of anilines is 1. The third-order valence-electron chi connectivity index (χ3n) is 3.53. The van der Waals surface area contributed by atoms with Crippen LogP contribution in [0.5, 0.6) is 0 Å². The first-order valence-electron chi connectivity index (χ1n) is 6.73. The largest absolute Gasteiger partial charge is 0.339 e. The van der Waals surface area contributed by atoms with Crippen molar-refractivity contribution in [2.24, 2.45) is 0 Å². The fraction of sp³-hybridized carbons (Fsp3) is 0.0588. The summed E-state index contributed by atoms with van der Waals surface area (Å²) >= 11 is 6.19. The quantitative estimate of drug-likeness (QED) is 0.887. The average Bonchev–Trinajstić information content (AvgIpc) is 2.82. The number of hydrogen-bond donors (Lipinski definition) is 1. The lowest BCUT2D eigenvalue weighted by molar-refractivity contribution is -0.123. The summed E-state index contributed by atoms with van der Waals surface area (Å²) in [5.74, 6) is -0.859. The lowest BCUT2D eigenvalue weighted by Crippen LogP contribution is -2.28. The minimum absolute atomic E-state index is 0.293. The zero-order chi connectivity index (χ0) is 15.7. The van der Waals surface area contributed by atoms with Crippen LogP contribution in [0.3, 0.4) is 0 Å². The highest BCUT2D eigenvalue weighted by atomic mass is 35.5. The fourth-order valence-electron chi connectivity index (χ4n) is 2.46. The molecule has 0 saturated carbocycles. The minimum Gasteiger partial charge on any atom is -0.339 e. The molecule has 0 fully saturated rings. The second-order valence-electron chi connectivity index (χ2n) is 4.88. The van der Waals surface area contributed by atoms with Crippen molar-refractivity contribution >= 4 is 34.7 Å². The van der Waals surface area contributed by atoms with E-state index in [9.17, 15) is 9.59 Å². The van der Waals surface area contributed by atoms with Gasteiger partial charge in [-0.25, -0.2) is 0 Å². The highest BCUT2D eigenvalue weighted by Gasteiger charge is 2.34. The lowest BCUT2D eigenvalue weighted by Gasteiger charge is -2.20. The highest BCUT2D eigenvalue weighted by Crippen LogP contribution is 2.32. The summed E-state index contributed by atoms with van der Waals surface area (Å²) in [4.78, 5) is 26.1. The Morgan fingerprint density at radius 1 is 0.909 bits per heavy atom. The Bertz CT molecular complexity index is 784. The van der Waals surface area contributed by atoms with Gasteiger partial charge in [-0.05, 0) is 18.2 Å². The molecule has 22 heavy (non-hydrogen) atoms. The van der Waals surface area contributed by atoms with E-state index < -0.39 is 11.8 Å². The number of halogens is 1. The summed E-state index contributed by atoms with van der Waals surface area (Å²) in [6.45, 7) is 0. The van der Waals surface area contributed by atoms with Crippen LogP contribution < -0.4 is 10.2 Å². The van der Waals surface area contributed by atoms with Gasteiger partial charge in [0.1, 0.15) is 5.70 Å². The summed E-state index contributed by atoms with van der Waals surface area (Å²) in [5.41, 5.74) is 1.95. The molecule has 0 spiro atoms. The maximum Gasteiger partial charge on any atom is 0.275 e. The van der Waals surface area contributed by atoms with Crippen LogP contribution in [-0.4, -0.2) is 18.9 Å². The average molecular weight is 313 g/mol. The van der Waals surface area contributed by atoms with Gasteiger partial charge in [0.25, 0.3) is 11.8 Å². The topological polar surface area (TPSA) is 49.4 Å². The van der Waals surface area contributed by atoms with E-state index in [0.717, 1.165) is 5.69 Å². The number of likely N-dealkylation sites (N-methyl/N-ethyl adjacent to an activating group) is 1. The van der Waals surface area contributed by atoms with Crippen LogP contribution >= 0.6 is 11.6 Å². The molecule has 2 aromatic rings. The Morgan fingerprint density at radius 2 is 1.55 bits per heavy atom. The van der Waals surface area contributed by atoms with E-state index in [-0.39, 0.29) is 0 Å². The molecule has 4 nitrogen and oxygen atoms in total.